The molecule has 13 heavy (non-hydrogen) atoms. The Kier molecular flexibility index (Phi) is 9.90. The van der Waals surface area contributed by atoms with Crippen molar-refractivity contribution < 1.29 is 13.0 Å². The molecule has 0 aliphatic carbocycles. The molecule has 1 N–H and O–H groups in total. The average Bonchev–Trinajstić information content (AvgIpc) is 1.96. The van der Waals surface area contributed by atoms with Crippen LogP contribution >= 0.6 is 0 Å². The van der Waals surface area contributed by atoms with Crippen molar-refractivity contribution in [1.29, 1.82) is 0 Å². The molecule has 1 unspecified atom stereocenters. The van der Waals surface area contributed by atoms with Crippen molar-refractivity contribution in [3.63, 3.8) is 0 Å². The molecule has 0 aliphatic rings. The summed E-state index contributed by atoms with van der Waals surface area (Å²) < 4.78 is 29.2. The molecule has 0 saturated carbocycles. The molecule has 0 fully saturated rings. The summed E-state index contributed by atoms with van der Waals surface area (Å²) in [6, 6.07) is 0. The first-order chi connectivity index (χ1) is 5.49. The zero-order valence-electron chi connectivity index (χ0n) is 7.36. The summed E-state index contributed by atoms with van der Waals surface area (Å²) in [5.74, 6) is 0.184. The van der Waals surface area contributed by atoms with Gasteiger partial charge in [0.25, 0.3) is 10.1 Å². The zero-order valence-corrected chi connectivity index (χ0v) is 8.18. The van der Waals surface area contributed by atoms with Crippen LogP contribution in [0.15, 0.2) is 12.7 Å². The summed E-state index contributed by atoms with van der Waals surface area (Å²) in [4.78, 5) is 0. The molecule has 0 heterocycles. The fraction of sp³-hybridized carbons (Fsp3) is 0.750. The monoisotopic (exact) mass is 216 g/mol. The second-order valence-electron chi connectivity index (χ2n) is 2.87. The molecule has 5 heteroatoms. The molecule has 0 spiro atoms. The Hall–Kier alpha value is 0.650. The Morgan fingerprint density at radius 2 is 2.08 bits per heavy atom. The van der Waals surface area contributed by atoms with Crippen LogP contribution in [0.4, 0.5) is 0 Å². The first-order valence-electron chi connectivity index (χ1n) is 4.05. The third-order valence-electron chi connectivity index (χ3n) is 1.86. The van der Waals surface area contributed by atoms with E-state index in [9.17, 15) is 8.42 Å². The summed E-state index contributed by atoms with van der Waals surface area (Å²) in [6.45, 7) is 5.58. The van der Waals surface area contributed by atoms with Gasteiger partial charge in [-0.15, -0.1) is 6.58 Å². The summed E-state index contributed by atoms with van der Waals surface area (Å²) in [7, 11) is -3.78. The van der Waals surface area contributed by atoms with E-state index in [4.69, 9.17) is 4.55 Å². The first kappa shape index (κ1) is 16.1. The van der Waals surface area contributed by atoms with Gasteiger partial charge in [-0.2, -0.15) is 8.42 Å². The topological polar surface area (TPSA) is 54.4 Å². The standard InChI is InChI=1S/C8H16O3S.Na.H/c1-3-5-8(4-2)6-7-12(9,10)11;;/h3,8H,1,4-7H2,2H3,(H,9,10,11);;. The van der Waals surface area contributed by atoms with Crippen LogP contribution in [0.1, 0.15) is 26.2 Å². The van der Waals surface area contributed by atoms with Crippen molar-refractivity contribution in [3.05, 3.63) is 12.7 Å². The third kappa shape index (κ3) is 10.6. The molecular formula is C8H17NaO3S. The van der Waals surface area contributed by atoms with E-state index in [1.807, 2.05) is 6.92 Å². The van der Waals surface area contributed by atoms with Gasteiger partial charge in [-0.05, 0) is 18.8 Å². The van der Waals surface area contributed by atoms with Crippen molar-refractivity contribution in [3.8, 4) is 0 Å². The van der Waals surface area contributed by atoms with Gasteiger partial charge in [0.15, 0.2) is 0 Å². The Bertz CT molecular complexity index is 224. The SMILES string of the molecule is C=CCC(CC)CCS(=O)(=O)O.[NaH]. The fourth-order valence-corrected chi connectivity index (χ4v) is 1.67. The Morgan fingerprint density at radius 1 is 1.54 bits per heavy atom. The Labute approximate surface area is 103 Å². The van der Waals surface area contributed by atoms with E-state index in [1.165, 1.54) is 0 Å². The molecule has 0 amide bonds. The van der Waals surface area contributed by atoms with Crippen molar-refractivity contribution in [2.24, 2.45) is 5.92 Å². The van der Waals surface area contributed by atoms with Crippen LogP contribution in [-0.4, -0.2) is 48.3 Å². The molecule has 0 saturated heterocycles. The average molecular weight is 216 g/mol. The minimum atomic E-state index is -3.78. The maximum atomic E-state index is 10.4. The van der Waals surface area contributed by atoms with Crippen LogP contribution in [0.5, 0.6) is 0 Å². The van der Waals surface area contributed by atoms with Gasteiger partial charge < -0.3 is 0 Å². The molecule has 0 bridgehead atoms. The molecule has 0 radical (unpaired) electrons. The van der Waals surface area contributed by atoms with E-state index >= 15 is 0 Å². The van der Waals surface area contributed by atoms with Gasteiger partial charge in [0.1, 0.15) is 0 Å². The predicted molar refractivity (Wildman–Crippen MR) is 56.8 cm³/mol. The van der Waals surface area contributed by atoms with Gasteiger partial charge in [0.05, 0.1) is 5.75 Å². The molecule has 0 aromatic carbocycles. The molecule has 0 aliphatic heterocycles. The van der Waals surface area contributed by atoms with Crippen molar-refractivity contribution >= 4 is 39.7 Å². The van der Waals surface area contributed by atoms with E-state index in [1.54, 1.807) is 6.08 Å². The van der Waals surface area contributed by atoms with Crippen LogP contribution in [0.3, 0.4) is 0 Å². The van der Waals surface area contributed by atoms with Crippen LogP contribution in [-0.2, 0) is 10.1 Å². The van der Waals surface area contributed by atoms with Crippen molar-refractivity contribution in [1.82, 2.24) is 0 Å². The van der Waals surface area contributed by atoms with Crippen molar-refractivity contribution in [2.75, 3.05) is 5.75 Å². The number of rotatable bonds is 6. The van der Waals surface area contributed by atoms with Gasteiger partial charge >= 0.3 is 29.6 Å². The van der Waals surface area contributed by atoms with E-state index < -0.39 is 10.1 Å². The normalized spacial score (nSPS) is 13.1. The van der Waals surface area contributed by atoms with Gasteiger partial charge in [-0.1, -0.05) is 19.4 Å². The van der Waals surface area contributed by atoms with Gasteiger partial charge in [-0.25, -0.2) is 0 Å². The van der Waals surface area contributed by atoms with E-state index in [-0.39, 0.29) is 35.3 Å². The summed E-state index contributed by atoms with van der Waals surface area (Å²) in [5, 5.41) is 0. The van der Waals surface area contributed by atoms with E-state index in [0.29, 0.717) is 12.3 Å². The molecule has 0 aromatic heterocycles. The minimum absolute atomic E-state index is 0. The third-order valence-corrected chi connectivity index (χ3v) is 2.61. The van der Waals surface area contributed by atoms with Crippen LogP contribution in [0.2, 0.25) is 0 Å². The molecule has 0 aromatic rings. The number of allylic oxidation sites excluding steroid dienone is 1. The van der Waals surface area contributed by atoms with E-state index in [0.717, 1.165) is 12.8 Å². The first-order valence-corrected chi connectivity index (χ1v) is 5.66. The maximum absolute atomic E-state index is 10.4. The van der Waals surface area contributed by atoms with E-state index in [2.05, 4.69) is 6.58 Å². The van der Waals surface area contributed by atoms with Crippen LogP contribution in [0, 0.1) is 5.92 Å². The summed E-state index contributed by atoms with van der Waals surface area (Å²) in [5.41, 5.74) is 0. The predicted octanol–water partition coefficient (Wildman–Crippen LogP) is 1.22. The Morgan fingerprint density at radius 3 is 2.38 bits per heavy atom. The molecular weight excluding hydrogens is 199 g/mol. The van der Waals surface area contributed by atoms with Crippen molar-refractivity contribution in [2.45, 2.75) is 26.2 Å². The molecule has 74 valence electrons. The number of hydrogen-bond acceptors (Lipinski definition) is 2. The number of hydrogen-bond donors (Lipinski definition) is 1. The summed E-state index contributed by atoms with van der Waals surface area (Å²) in [6.07, 6.45) is 4.02. The molecule has 1 atom stereocenters. The van der Waals surface area contributed by atoms with Gasteiger partial charge in [0, 0.05) is 0 Å². The summed E-state index contributed by atoms with van der Waals surface area (Å²) >= 11 is 0. The van der Waals surface area contributed by atoms with Gasteiger partial charge in [-0.3, -0.25) is 4.55 Å². The zero-order chi connectivity index (χ0) is 9.61. The fourth-order valence-electron chi connectivity index (χ4n) is 1.04. The van der Waals surface area contributed by atoms with Gasteiger partial charge in [0.2, 0.25) is 0 Å². The quantitative estimate of drug-likeness (QED) is 0.412. The second kappa shape index (κ2) is 8.00. The Balaban J connectivity index is 0. The molecule has 0 rings (SSSR count). The van der Waals surface area contributed by atoms with Crippen LogP contribution < -0.4 is 0 Å². The molecule has 3 nitrogen and oxygen atoms in total. The van der Waals surface area contributed by atoms with Crippen LogP contribution in [0.25, 0.3) is 0 Å². The second-order valence-corrected chi connectivity index (χ2v) is 4.45.